The normalized spacial score (nSPS) is 12.2. The van der Waals surface area contributed by atoms with Gasteiger partial charge in [0.25, 0.3) is 0 Å². The lowest BCUT2D eigenvalue weighted by Crippen LogP contribution is -2.18. The number of hydrogen-bond donors (Lipinski definition) is 0. The highest BCUT2D eigenvalue weighted by Gasteiger charge is 2.17. The molecule has 0 radical (unpaired) electrons. The van der Waals surface area contributed by atoms with Crippen molar-refractivity contribution in [2.45, 2.75) is 18.4 Å². The van der Waals surface area contributed by atoms with Gasteiger partial charge in [0.1, 0.15) is 6.10 Å². The Morgan fingerprint density at radius 2 is 2.24 bits per heavy atom. The van der Waals surface area contributed by atoms with Gasteiger partial charge >= 0.3 is 5.69 Å². The first kappa shape index (κ1) is 13.9. The Morgan fingerprint density at radius 1 is 1.53 bits per heavy atom. The van der Waals surface area contributed by atoms with Gasteiger partial charge < -0.3 is 9.47 Å². The van der Waals surface area contributed by atoms with E-state index in [1.807, 2.05) is 0 Å². The maximum atomic E-state index is 10.8. The second-order valence-electron chi connectivity index (χ2n) is 3.58. The average Bonchev–Trinajstić information content (AvgIpc) is 2.28. The standard InChI is InChI=1S/C11H14BrNO4/c1-8(7-16-2)17-11-5-9(6-12)3-4-10(11)13(14)15/h3-5,8H,6-7H2,1-2H3. The van der Waals surface area contributed by atoms with E-state index in [-0.39, 0.29) is 17.5 Å². The van der Waals surface area contributed by atoms with Gasteiger partial charge in [-0.15, -0.1) is 0 Å². The molecular formula is C11H14BrNO4. The van der Waals surface area contributed by atoms with Crippen molar-refractivity contribution in [2.24, 2.45) is 0 Å². The van der Waals surface area contributed by atoms with E-state index in [0.29, 0.717) is 11.9 Å². The predicted molar refractivity (Wildman–Crippen MR) is 67.7 cm³/mol. The molecule has 1 atom stereocenters. The van der Waals surface area contributed by atoms with Gasteiger partial charge in [-0.1, -0.05) is 22.0 Å². The zero-order chi connectivity index (χ0) is 12.8. The first-order valence-electron chi connectivity index (χ1n) is 5.07. The highest BCUT2D eigenvalue weighted by Crippen LogP contribution is 2.29. The molecule has 0 N–H and O–H groups in total. The quantitative estimate of drug-likeness (QED) is 0.460. The molecule has 5 nitrogen and oxygen atoms in total. The third-order valence-electron chi connectivity index (χ3n) is 2.10. The number of rotatable bonds is 6. The fraction of sp³-hybridized carbons (Fsp3) is 0.455. The van der Waals surface area contributed by atoms with E-state index in [1.165, 1.54) is 6.07 Å². The monoisotopic (exact) mass is 303 g/mol. The predicted octanol–water partition coefficient (Wildman–Crippen LogP) is 2.90. The van der Waals surface area contributed by atoms with Gasteiger partial charge in [-0.25, -0.2) is 0 Å². The molecule has 0 aliphatic heterocycles. The fourth-order valence-electron chi connectivity index (χ4n) is 1.37. The van der Waals surface area contributed by atoms with Crippen LogP contribution in [-0.2, 0) is 10.1 Å². The largest absolute Gasteiger partial charge is 0.481 e. The molecule has 0 heterocycles. The van der Waals surface area contributed by atoms with E-state index in [4.69, 9.17) is 9.47 Å². The fourth-order valence-corrected chi connectivity index (χ4v) is 1.72. The summed E-state index contributed by atoms with van der Waals surface area (Å²) in [5.74, 6) is 0.275. The minimum atomic E-state index is -0.452. The summed E-state index contributed by atoms with van der Waals surface area (Å²) >= 11 is 3.30. The lowest BCUT2D eigenvalue weighted by Gasteiger charge is -2.14. The van der Waals surface area contributed by atoms with Crippen LogP contribution in [0.3, 0.4) is 0 Å². The molecule has 0 aromatic heterocycles. The van der Waals surface area contributed by atoms with Gasteiger partial charge in [0.15, 0.2) is 5.75 Å². The van der Waals surface area contributed by atoms with Gasteiger partial charge in [0.05, 0.1) is 11.5 Å². The Hall–Kier alpha value is -1.14. The van der Waals surface area contributed by atoms with Crippen LogP contribution < -0.4 is 4.74 Å². The van der Waals surface area contributed by atoms with Crippen LogP contribution in [0.15, 0.2) is 18.2 Å². The van der Waals surface area contributed by atoms with E-state index in [9.17, 15) is 10.1 Å². The van der Waals surface area contributed by atoms with Gasteiger partial charge in [0, 0.05) is 18.5 Å². The van der Waals surface area contributed by atoms with Crippen LogP contribution in [0.5, 0.6) is 5.75 Å². The van der Waals surface area contributed by atoms with Gasteiger partial charge in [0.2, 0.25) is 0 Å². The van der Waals surface area contributed by atoms with Crippen LogP contribution in [0, 0.1) is 10.1 Å². The van der Waals surface area contributed by atoms with Gasteiger partial charge in [-0.2, -0.15) is 0 Å². The van der Waals surface area contributed by atoms with E-state index < -0.39 is 4.92 Å². The van der Waals surface area contributed by atoms with Crippen molar-refractivity contribution in [3.8, 4) is 5.75 Å². The molecule has 0 saturated carbocycles. The average molecular weight is 304 g/mol. The number of nitro benzene ring substituents is 1. The van der Waals surface area contributed by atoms with Crippen LogP contribution in [0.2, 0.25) is 0 Å². The third-order valence-corrected chi connectivity index (χ3v) is 2.75. The molecule has 0 fully saturated rings. The molecule has 0 aliphatic rings. The zero-order valence-corrected chi connectivity index (χ0v) is 11.3. The molecular weight excluding hydrogens is 290 g/mol. The number of nitrogens with zero attached hydrogens (tertiary/aromatic N) is 1. The van der Waals surface area contributed by atoms with Crippen LogP contribution in [0.1, 0.15) is 12.5 Å². The van der Waals surface area contributed by atoms with Crippen molar-refractivity contribution >= 4 is 21.6 Å². The van der Waals surface area contributed by atoms with Crippen molar-refractivity contribution in [3.05, 3.63) is 33.9 Å². The lowest BCUT2D eigenvalue weighted by molar-refractivity contribution is -0.386. The van der Waals surface area contributed by atoms with E-state index >= 15 is 0 Å². The Labute approximate surface area is 108 Å². The molecule has 1 aromatic rings. The molecule has 1 rings (SSSR count). The summed E-state index contributed by atoms with van der Waals surface area (Å²) in [7, 11) is 1.56. The minimum Gasteiger partial charge on any atom is -0.481 e. The molecule has 6 heteroatoms. The van der Waals surface area contributed by atoms with E-state index in [2.05, 4.69) is 15.9 Å². The van der Waals surface area contributed by atoms with E-state index in [0.717, 1.165) is 5.56 Å². The number of halogens is 1. The molecule has 0 spiro atoms. The van der Waals surface area contributed by atoms with Crippen molar-refractivity contribution in [1.29, 1.82) is 0 Å². The second kappa shape index (κ2) is 6.56. The molecule has 0 bridgehead atoms. The molecule has 0 aliphatic carbocycles. The summed E-state index contributed by atoms with van der Waals surface area (Å²) in [6.07, 6.45) is -0.232. The highest BCUT2D eigenvalue weighted by atomic mass is 79.9. The number of alkyl halides is 1. The first-order chi connectivity index (χ1) is 8.08. The minimum absolute atomic E-state index is 0.0300. The number of benzene rings is 1. The summed E-state index contributed by atoms with van der Waals surface area (Å²) in [5, 5.41) is 11.5. The number of methoxy groups -OCH3 is 1. The topological polar surface area (TPSA) is 61.6 Å². The summed E-state index contributed by atoms with van der Waals surface area (Å²) in [5.41, 5.74) is 0.896. The van der Waals surface area contributed by atoms with Crippen LogP contribution >= 0.6 is 15.9 Å². The van der Waals surface area contributed by atoms with Gasteiger partial charge in [-0.3, -0.25) is 10.1 Å². The van der Waals surface area contributed by atoms with Crippen molar-refractivity contribution in [2.75, 3.05) is 13.7 Å². The molecule has 94 valence electrons. The van der Waals surface area contributed by atoms with Crippen molar-refractivity contribution in [3.63, 3.8) is 0 Å². The number of hydrogen-bond acceptors (Lipinski definition) is 4. The van der Waals surface area contributed by atoms with Crippen molar-refractivity contribution in [1.82, 2.24) is 0 Å². The van der Waals surface area contributed by atoms with Crippen LogP contribution in [0.4, 0.5) is 5.69 Å². The van der Waals surface area contributed by atoms with Crippen molar-refractivity contribution < 1.29 is 14.4 Å². The molecule has 0 saturated heterocycles. The summed E-state index contributed by atoms with van der Waals surface area (Å²) < 4.78 is 10.4. The Morgan fingerprint density at radius 3 is 2.76 bits per heavy atom. The zero-order valence-electron chi connectivity index (χ0n) is 9.68. The molecule has 17 heavy (non-hydrogen) atoms. The first-order valence-corrected chi connectivity index (χ1v) is 6.19. The van der Waals surface area contributed by atoms with Gasteiger partial charge in [-0.05, 0) is 18.6 Å². The lowest BCUT2D eigenvalue weighted by atomic mass is 10.2. The Balaban J connectivity index is 2.96. The third kappa shape index (κ3) is 3.98. The number of ether oxygens (including phenoxy) is 2. The van der Waals surface area contributed by atoms with E-state index in [1.54, 1.807) is 26.2 Å². The Kier molecular flexibility index (Phi) is 5.37. The second-order valence-corrected chi connectivity index (χ2v) is 4.14. The number of nitro groups is 1. The molecule has 1 aromatic carbocycles. The maximum Gasteiger partial charge on any atom is 0.310 e. The highest BCUT2D eigenvalue weighted by molar-refractivity contribution is 9.08. The van der Waals surface area contributed by atoms with Crippen LogP contribution in [0.25, 0.3) is 0 Å². The SMILES string of the molecule is COCC(C)Oc1cc(CBr)ccc1[N+](=O)[O-]. The summed E-state index contributed by atoms with van der Waals surface area (Å²) in [4.78, 5) is 10.4. The Bertz CT molecular complexity index is 397. The summed E-state index contributed by atoms with van der Waals surface area (Å²) in [6.45, 7) is 2.18. The maximum absolute atomic E-state index is 10.8. The molecule has 1 unspecified atom stereocenters. The smallest absolute Gasteiger partial charge is 0.310 e. The molecule has 0 amide bonds. The van der Waals surface area contributed by atoms with Crippen LogP contribution in [-0.4, -0.2) is 24.7 Å². The summed E-state index contributed by atoms with van der Waals surface area (Å²) in [6, 6.07) is 4.81.